The molecule has 1 unspecified atom stereocenters. The van der Waals surface area contributed by atoms with Crippen molar-refractivity contribution in [3.63, 3.8) is 0 Å². The first-order valence-electron chi connectivity index (χ1n) is 13.9. The second kappa shape index (κ2) is 11.9. The van der Waals surface area contributed by atoms with E-state index < -0.39 is 79.6 Å². The van der Waals surface area contributed by atoms with Crippen LogP contribution in [0, 0.1) is 11.8 Å². The molecule has 2 saturated carbocycles. The monoisotopic (exact) mass is 634 g/mol. The standard InChI is InChI=1S/C26H29F7N8O3/c27-24(28)5-1-14(2-6-24)21(38-23(44)18-11-34-39-40(18)12-16-3-7-25(16,29)30)17-13-41-19(36-17)9-15(10-35-41)22(43)37-20(42)4-8-26(31,32)33/h9-11,13-14,16,21-22,43H,1-8,12H2,(H,37,42)(H,38,44)/t16?,21-,22+/m0/s1. The Morgan fingerprint density at radius 1 is 1.07 bits per heavy atom. The van der Waals surface area contributed by atoms with Gasteiger partial charge >= 0.3 is 6.18 Å². The van der Waals surface area contributed by atoms with Gasteiger partial charge in [0.25, 0.3) is 11.8 Å². The summed E-state index contributed by atoms with van der Waals surface area (Å²) in [6.45, 7) is -0.230. The van der Waals surface area contributed by atoms with Gasteiger partial charge in [-0.3, -0.25) is 9.59 Å². The predicted octanol–water partition coefficient (Wildman–Crippen LogP) is 4.11. The highest BCUT2D eigenvalue weighted by Crippen LogP contribution is 2.44. The van der Waals surface area contributed by atoms with Crippen LogP contribution in [0.15, 0.2) is 24.7 Å². The molecule has 3 N–H and O–H groups in total. The van der Waals surface area contributed by atoms with E-state index >= 15 is 0 Å². The number of hydrogen-bond donors (Lipinski definition) is 3. The minimum atomic E-state index is -4.55. The fraction of sp³-hybridized carbons (Fsp3) is 0.615. The van der Waals surface area contributed by atoms with Crippen LogP contribution in [0.4, 0.5) is 30.7 Å². The molecule has 0 radical (unpaired) electrons. The molecule has 0 saturated heterocycles. The van der Waals surface area contributed by atoms with Crippen LogP contribution in [0.25, 0.3) is 5.65 Å². The summed E-state index contributed by atoms with van der Waals surface area (Å²) in [5.41, 5.74) is 0.273. The summed E-state index contributed by atoms with van der Waals surface area (Å²) in [5, 5.41) is 26.7. The molecule has 3 aromatic heterocycles. The summed E-state index contributed by atoms with van der Waals surface area (Å²) in [6.07, 6.45) is -5.53. The minimum absolute atomic E-state index is 0.00988. The van der Waals surface area contributed by atoms with Crippen LogP contribution in [-0.2, 0) is 11.3 Å². The van der Waals surface area contributed by atoms with Gasteiger partial charge in [-0.15, -0.1) is 5.10 Å². The number of fused-ring (bicyclic) bond motifs is 1. The molecule has 2 aliphatic carbocycles. The van der Waals surface area contributed by atoms with Gasteiger partial charge in [-0.1, -0.05) is 5.21 Å². The number of aliphatic hydroxyl groups is 1. The number of rotatable bonds is 10. The fourth-order valence-electron chi connectivity index (χ4n) is 5.39. The summed E-state index contributed by atoms with van der Waals surface area (Å²) in [5.74, 6) is -8.99. The maximum Gasteiger partial charge on any atom is 0.389 e. The lowest BCUT2D eigenvalue weighted by molar-refractivity contribution is -0.145. The molecule has 3 atom stereocenters. The molecule has 0 aliphatic heterocycles. The molecule has 0 spiro atoms. The Hall–Kier alpha value is -3.83. The van der Waals surface area contributed by atoms with Gasteiger partial charge in [-0.05, 0) is 31.2 Å². The number of halogens is 7. The number of carbonyl (C=O) groups is 2. The first-order valence-corrected chi connectivity index (χ1v) is 13.9. The molecule has 11 nitrogen and oxygen atoms in total. The molecular formula is C26H29F7N8O3. The van der Waals surface area contributed by atoms with Crippen molar-refractivity contribution in [1.29, 1.82) is 0 Å². The molecule has 18 heteroatoms. The second-order valence-electron chi connectivity index (χ2n) is 11.3. The van der Waals surface area contributed by atoms with Gasteiger partial charge in [-0.2, -0.15) is 18.3 Å². The van der Waals surface area contributed by atoms with Gasteiger partial charge in [0, 0.05) is 37.2 Å². The summed E-state index contributed by atoms with van der Waals surface area (Å²) < 4.78 is 95.3. The van der Waals surface area contributed by atoms with Gasteiger partial charge in [0.1, 0.15) is 5.69 Å². The van der Waals surface area contributed by atoms with Crippen molar-refractivity contribution in [2.75, 3.05) is 0 Å². The van der Waals surface area contributed by atoms with Crippen LogP contribution in [0.2, 0.25) is 0 Å². The van der Waals surface area contributed by atoms with E-state index in [0.717, 1.165) is 17.1 Å². The van der Waals surface area contributed by atoms with E-state index in [1.165, 1.54) is 16.8 Å². The lowest BCUT2D eigenvalue weighted by atomic mass is 9.80. The average molecular weight is 635 g/mol. The fourth-order valence-corrected chi connectivity index (χ4v) is 5.39. The van der Waals surface area contributed by atoms with Crippen LogP contribution in [0.3, 0.4) is 0 Å². The molecule has 3 heterocycles. The number of aliphatic hydroxyl groups excluding tert-OH is 1. The zero-order chi connectivity index (χ0) is 31.9. The van der Waals surface area contributed by atoms with Crippen LogP contribution in [-0.4, -0.2) is 64.5 Å². The van der Waals surface area contributed by atoms with Crippen molar-refractivity contribution < 1.29 is 45.4 Å². The van der Waals surface area contributed by atoms with Crippen molar-refractivity contribution in [3.8, 4) is 0 Å². The van der Waals surface area contributed by atoms with E-state index in [1.807, 2.05) is 5.32 Å². The first kappa shape index (κ1) is 31.6. The van der Waals surface area contributed by atoms with Crippen molar-refractivity contribution in [3.05, 3.63) is 41.6 Å². The van der Waals surface area contributed by atoms with E-state index in [1.54, 1.807) is 0 Å². The first-order chi connectivity index (χ1) is 20.6. The van der Waals surface area contributed by atoms with Crippen LogP contribution in [0.1, 0.15) is 85.4 Å². The normalized spacial score (nSPS) is 21.4. The Bertz CT molecular complexity index is 1500. The summed E-state index contributed by atoms with van der Waals surface area (Å²) in [6, 6.07) is 0.404. The Labute approximate surface area is 245 Å². The molecule has 0 bridgehead atoms. The molecule has 3 aromatic rings. The van der Waals surface area contributed by atoms with Gasteiger partial charge < -0.3 is 15.7 Å². The average Bonchev–Trinajstić information content (AvgIpc) is 3.59. The molecule has 2 aliphatic rings. The van der Waals surface area contributed by atoms with Gasteiger partial charge in [-0.25, -0.2) is 31.7 Å². The molecule has 5 rings (SSSR count). The Balaban J connectivity index is 1.35. The zero-order valence-corrected chi connectivity index (χ0v) is 23.1. The van der Waals surface area contributed by atoms with Crippen LogP contribution < -0.4 is 10.6 Å². The smallest absolute Gasteiger partial charge is 0.369 e. The van der Waals surface area contributed by atoms with Crippen molar-refractivity contribution in [2.45, 2.75) is 88.2 Å². The molecule has 0 aromatic carbocycles. The Kier molecular flexibility index (Phi) is 8.56. The van der Waals surface area contributed by atoms with Crippen LogP contribution in [0.5, 0.6) is 0 Å². The highest BCUT2D eigenvalue weighted by Gasteiger charge is 2.48. The predicted molar refractivity (Wildman–Crippen MR) is 136 cm³/mol. The maximum absolute atomic E-state index is 14.0. The van der Waals surface area contributed by atoms with E-state index in [-0.39, 0.29) is 54.8 Å². The highest BCUT2D eigenvalue weighted by atomic mass is 19.4. The third kappa shape index (κ3) is 7.27. The van der Waals surface area contributed by atoms with E-state index in [0.29, 0.717) is 0 Å². The van der Waals surface area contributed by atoms with E-state index in [2.05, 4.69) is 25.7 Å². The minimum Gasteiger partial charge on any atom is -0.369 e. The summed E-state index contributed by atoms with van der Waals surface area (Å²) in [4.78, 5) is 29.6. The zero-order valence-electron chi connectivity index (χ0n) is 23.1. The number of amides is 2. The van der Waals surface area contributed by atoms with E-state index in [4.69, 9.17) is 0 Å². The van der Waals surface area contributed by atoms with Crippen molar-refractivity contribution in [1.82, 2.24) is 40.2 Å². The second-order valence-corrected chi connectivity index (χ2v) is 11.3. The number of aromatic nitrogens is 6. The van der Waals surface area contributed by atoms with Gasteiger partial charge in [0.2, 0.25) is 11.8 Å². The largest absolute Gasteiger partial charge is 0.389 e. The summed E-state index contributed by atoms with van der Waals surface area (Å²) in [7, 11) is 0. The number of nitrogens with zero attached hydrogens (tertiary/aromatic N) is 6. The Morgan fingerprint density at radius 3 is 2.43 bits per heavy atom. The number of carbonyl (C=O) groups excluding carboxylic acids is 2. The lowest BCUT2D eigenvalue weighted by Crippen LogP contribution is -2.42. The molecule has 240 valence electrons. The molecular weight excluding hydrogens is 605 g/mol. The van der Waals surface area contributed by atoms with Crippen LogP contribution >= 0.6 is 0 Å². The van der Waals surface area contributed by atoms with Gasteiger partial charge in [0.15, 0.2) is 11.9 Å². The summed E-state index contributed by atoms with van der Waals surface area (Å²) >= 11 is 0. The molecule has 2 amide bonds. The number of nitrogens with one attached hydrogen (secondary N) is 2. The van der Waals surface area contributed by atoms with Crippen molar-refractivity contribution >= 4 is 17.5 Å². The molecule has 44 heavy (non-hydrogen) atoms. The van der Waals surface area contributed by atoms with Crippen molar-refractivity contribution in [2.24, 2.45) is 11.8 Å². The maximum atomic E-state index is 14.0. The lowest BCUT2D eigenvalue weighted by Gasteiger charge is -2.36. The number of imidazole rings is 1. The molecule has 2 fully saturated rings. The number of alkyl halides is 7. The Morgan fingerprint density at radius 2 is 1.80 bits per heavy atom. The quantitative estimate of drug-likeness (QED) is 0.225. The van der Waals surface area contributed by atoms with E-state index in [9.17, 15) is 45.4 Å². The third-order valence-electron chi connectivity index (χ3n) is 8.11. The third-order valence-corrected chi connectivity index (χ3v) is 8.11. The SMILES string of the molecule is O=C(CCC(F)(F)F)N[C@H](O)c1cnn2cc([C@@H](NC(=O)c3cnnn3CC3CCC3(F)F)C3CCC(F)(F)CC3)nc2c1. The van der Waals surface area contributed by atoms with Gasteiger partial charge in [0.05, 0.1) is 43.3 Å². The highest BCUT2D eigenvalue weighted by molar-refractivity contribution is 5.92. The topological polar surface area (TPSA) is 139 Å². The number of hydrogen-bond acceptors (Lipinski definition) is 7.